The van der Waals surface area contributed by atoms with Crippen molar-refractivity contribution in [3.8, 4) is 0 Å². The summed E-state index contributed by atoms with van der Waals surface area (Å²) in [6.45, 7) is 4.55. The first-order valence-corrected chi connectivity index (χ1v) is 22.5. The van der Waals surface area contributed by atoms with Crippen LogP contribution < -0.4 is 0 Å². The van der Waals surface area contributed by atoms with E-state index in [9.17, 15) is 19.5 Å². The number of unbranched alkanes of at least 4 members (excludes halogenated alkanes) is 13. The van der Waals surface area contributed by atoms with Gasteiger partial charge in [0.25, 0.3) is 0 Å². The molecule has 0 radical (unpaired) electrons. The van der Waals surface area contributed by atoms with Gasteiger partial charge < -0.3 is 23.8 Å². The Morgan fingerprint density at radius 1 is 0.544 bits per heavy atom. The first kappa shape index (κ1) is 53.8. The van der Waals surface area contributed by atoms with Gasteiger partial charge in [-0.1, -0.05) is 138 Å². The summed E-state index contributed by atoms with van der Waals surface area (Å²) >= 11 is 0. The predicted octanol–water partition coefficient (Wildman–Crippen LogP) is 12.4. The SMILES string of the molecule is CC/C=C\C/C=C\C/C=C\C/C=C\CCCCCCC(=O)OC(COCCC(C(=O)O)[N+](C)(C)C)COC(=O)CCCCCCC/C=C\C/C=C\CCCCCC. The fourth-order valence-corrected chi connectivity index (χ4v) is 6.11. The van der Waals surface area contributed by atoms with Gasteiger partial charge in [-0.25, -0.2) is 4.79 Å². The molecule has 8 nitrogen and oxygen atoms in total. The minimum absolute atomic E-state index is 0.0428. The number of hydrogen-bond acceptors (Lipinski definition) is 6. The highest BCUT2D eigenvalue weighted by Gasteiger charge is 2.31. The smallest absolute Gasteiger partial charge is 0.362 e. The molecular formula is C49H84NO7+. The number of ether oxygens (including phenoxy) is 3. The van der Waals surface area contributed by atoms with Crippen LogP contribution in [-0.4, -0.2) is 80.6 Å². The van der Waals surface area contributed by atoms with Gasteiger partial charge in [0.15, 0.2) is 12.1 Å². The minimum Gasteiger partial charge on any atom is -0.477 e. The summed E-state index contributed by atoms with van der Waals surface area (Å²) in [6.07, 6.45) is 49.4. The molecule has 0 saturated heterocycles. The molecule has 2 unspecified atom stereocenters. The summed E-state index contributed by atoms with van der Waals surface area (Å²) in [5.74, 6) is -1.52. The number of carbonyl (C=O) groups is 3. The van der Waals surface area contributed by atoms with Crippen LogP contribution in [0, 0.1) is 0 Å². The Morgan fingerprint density at radius 3 is 1.46 bits per heavy atom. The third-order valence-electron chi connectivity index (χ3n) is 9.59. The Bertz CT molecular complexity index is 1160. The zero-order chi connectivity index (χ0) is 42.1. The molecule has 1 N–H and O–H groups in total. The number of hydrogen-bond donors (Lipinski definition) is 1. The number of rotatable bonds is 39. The van der Waals surface area contributed by atoms with Crippen molar-refractivity contribution in [1.29, 1.82) is 0 Å². The molecule has 0 heterocycles. The number of esters is 2. The molecule has 0 fully saturated rings. The summed E-state index contributed by atoms with van der Waals surface area (Å²) in [4.78, 5) is 37.0. The van der Waals surface area contributed by atoms with Crippen molar-refractivity contribution < 1.29 is 38.2 Å². The molecule has 0 rings (SSSR count). The van der Waals surface area contributed by atoms with Gasteiger partial charge in [0.05, 0.1) is 34.4 Å². The van der Waals surface area contributed by atoms with Crippen molar-refractivity contribution in [1.82, 2.24) is 0 Å². The molecule has 2 atom stereocenters. The van der Waals surface area contributed by atoms with Crippen molar-refractivity contribution in [3.63, 3.8) is 0 Å². The lowest BCUT2D eigenvalue weighted by atomic mass is 10.1. The van der Waals surface area contributed by atoms with Crippen molar-refractivity contribution in [2.75, 3.05) is 41.0 Å². The van der Waals surface area contributed by atoms with Crippen LogP contribution >= 0.6 is 0 Å². The zero-order valence-corrected chi connectivity index (χ0v) is 37.0. The van der Waals surface area contributed by atoms with E-state index in [1.165, 1.54) is 32.1 Å². The molecule has 0 amide bonds. The molecule has 0 spiro atoms. The second kappa shape index (κ2) is 39.6. The van der Waals surface area contributed by atoms with E-state index in [2.05, 4.69) is 86.8 Å². The maximum Gasteiger partial charge on any atom is 0.362 e. The van der Waals surface area contributed by atoms with E-state index in [0.29, 0.717) is 19.3 Å². The topological polar surface area (TPSA) is 99.1 Å². The summed E-state index contributed by atoms with van der Waals surface area (Å²) in [5, 5.41) is 9.62. The molecule has 0 saturated carbocycles. The van der Waals surface area contributed by atoms with Crippen LogP contribution in [0.3, 0.4) is 0 Å². The molecule has 0 bridgehead atoms. The van der Waals surface area contributed by atoms with Gasteiger partial charge in [0.2, 0.25) is 0 Å². The number of allylic oxidation sites excluding steroid dienone is 12. The quantitative estimate of drug-likeness (QED) is 0.0286. The highest BCUT2D eigenvalue weighted by atomic mass is 16.6. The van der Waals surface area contributed by atoms with Crippen LogP contribution in [0.1, 0.15) is 168 Å². The summed E-state index contributed by atoms with van der Waals surface area (Å²) in [7, 11) is 5.51. The Balaban J connectivity index is 4.42. The number of carboxylic acids is 1. The lowest BCUT2D eigenvalue weighted by molar-refractivity contribution is -0.887. The van der Waals surface area contributed by atoms with E-state index in [-0.39, 0.29) is 36.2 Å². The zero-order valence-electron chi connectivity index (χ0n) is 37.0. The van der Waals surface area contributed by atoms with Crippen molar-refractivity contribution in [2.45, 2.75) is 180 Å². The first-order valence-electron chi connectivity index (χ1n) is 22.5. The molecule has 57 heavy (non-hydrogen) atoms. The third kappa shape index (κ3) is 38.1. The first-order chi connectivity index (χ1) is 27.6. The Labute approximate surface area is 349 Å². The molecular weight excluding hydrogens is 715 g/mol. The van der Waals surface area contributed by atoms with Crippen LogP contribution in [0.5, 0.6) is 0 Å². The van der Waals surface area contributed by atoms with Crippen LogP contribution in [0.4, 0.5) is 0 Å². The second-order valence-electron chi connectivity index (χ2n) is 15.9. The van der Waals surface area contributed by atoms with Crippen molar-refractivity contribution in [3.05, 3.63) is 72.9 Å². The van der Waals surface area contributed by atoms with E-state index >= 15 is 0 Å². The van der Waals surface area contributed by atoms with E-state index in [4.69, 9.17) is 14.2 Å². The third-order valence-corrected chi connectivity index (χ3v) is 9.59. The van der Waals surface area contributed by atoms with E-state index < -0.39 is 18.1 Å². The number of carboxylic acid groups (broad SMARTS) is 1. The largest absolute Gasteiger partial charge is 0.477 e. The molecule has 0 aromatic carbocycles. The molecule has 0 aromatic rings. The molecule has 326 valence electrons. The molecule has 8 heteroatoms. The fourth-order valence-electron chi connectivity index (χ4n) is 6.11. The Hall–Kier alpha value is -3.23. The van der Waals surface area contributed by atoms with E-state index in [0.717, 1.165) is 103 Å². The Kier molecular flexibility index (Phi) is 37.3. The van der Waals surface area contributed by atoms with E-state index in [1.807, 2.05) is 21.1 Å². The van der Waals surface area contributed by atoms with Crippen molar-refractivity contribution >= 4 is 17.9 Å². The highest BCUT2D eigenvalue weighted by molar-refractivity contribution is 5.72. The average Bonchev–Trinajstić information content (AvgIpc) is 3.17. The molecule has 0 aliphatic heterocycles. The number of aliphatic carboxylic acids is 1. The van der Waals surface area contributed by atoms with E-state index in [1.54, 1.807) is 0 Å². The summed E-state index contributed by atoms with van der Waals surface area (Å²) in [5.41, 5.74) is 0. The van der Waals surface area contributed by atoms with Crippen LogP contribution in [0.2, 0.25) is 0 Å². The fraction of sp³-hybridized carbons (Fsp3) is 0.694. The molecule has 0 aliphatic carbocycles. The maximum atomic E-state index is 12.7. The monoisotopic (exact) mass is 799 g/mol. The van der Waals surface area contributed by atoms with Crippen LogP contribution in [0.25, 0.3) is 0 Å². The van der Waals surface area contributed by atoms with Gasteiger partial charge in [-0.05, 0) is 83.5 Å². The van der Waals surface area contributed by atoms with Gasteiger partial charge in [0.1, 0.15) is 6.61 Å². The van der Waals surface area contributed by atoms with Gasteiger partial charge in [-0.3, -0.25) is 9.59 Å². The minimum atomic E-state index is -0.884. The number of likely N-dealkylation sites (N-methyl/N-ethyl adjacent to an activating group) is 1. The van der Waals surface area contributed by atoms with Gasteiger partial charge in [-0.2, -0.15) is 0 Å². The Morgan fingerprint density at radius 2 is 0.982 bits per heavy atom. The number of carbonyl (C=O) groups excluding carboxylic acids is 2. The van der Waals surface area contributed by atoms with Crippen LogP contribution in [0.15, 0.2) is 72.9 Å². The van der Waals surface area contributed by atoms with Crippen LogP contribution in [-0.2, 0) is 28.6 Å². The second-order valence-corrected chi connectivity index (χ2v) is 15.9. The summed E-state index contributed by atoms with van der Waals surface area (Å²) < 4.78 is 17.2. The van der Waals surface area contributed by atoms with Gasteiger partial charge in [-0.15, -0.1) is 0 Å². The highest BCUT2D eigenvalue weighted by Crippen LogP contribution is 2.13. The number of nitrogens with zero attached hydrogens (tertiary/aromatic N) is 1. The lowest BCUT2D eigenvalue weighted by Crippen LogP contribution is -2.50. The van der Waals surface area contributed by atoms with Gasteiger partial charge >= 0.3 is 17.9 Å². The normalized spacial score (nSPS) is 13.6. The molecule has 0 aliphatic rings. The lowest BCUT2D eigenvalue weighted by Gasteiger charge is -2.31. The van der Waals surface area contributed by atoms with Gasteiger partial charge in [0, 0.05) is 19.3 Å². The molecule has 0 aromatic heterocycles. The maximum absolute atomic E-state index is 12.7. The standard InChI is InChI=1S/C49H83NO7/c1-6-8-10-12-14-16-18-20-22-24-26-28-30-32-34-36-38-40-48(52)57-45(43-55-42-41-46(49(53)54)50(3,4)5)44-56-47(51)39-37-35-33-31-29-27-25-23-21-19-17-15-13-11-9-7-2/h8,10,14,16-17,19-20,22-23,25-26,28,45-46H,6-7,9,11-13,15,18,21,24,27,29-44H2,1-5H3/p+1/b10-8-,16-14-,19-17-,22-20-,25-23-,28-26-. The predicted molar refractivity (Wildman–Crippen MR) is 238 cm³/mol. The number of quaternary nitrogens is 1. The van der Waals surface area contributed by atoms with Crippen molar-refractivity contribution in [2.24, 2.45) is 0 Å². The average molecular weight is 799 g/mol. The summed E-state index contributed by atoms with van der Waals surface area (Å²) in [6, 6.07) is -0.625.